The molecule has 0 aliphatic carbocycles. The third kappa shape index (κ3) is 17.2. The van der Waals surface area contributed by atoms with Crippen molar-refractivity contribution in [3.8, 4) is 0 Å². The van der Waals surface area contributed by atoms with E-state index in [0.29, 0.717) is 6.42 Å². The van der Waals surface area contributed by atoms with Crippen LogP contribution in [0.3, 0.4) is 0 Å². The van der Waals surface area contributed by atoms with E-state index in [4.69, 9.17) is 4.52 Å². The van der Waals surface area contributed by atoms with E-state index in [1.54, 1.807) is 0 Å². The van der Waals surface area contributed by atoms with Crippen LogP contribution >= 0.6 is 9.47 Å². The summed E-state index contributed by atoms with van der Waals surface area (Å²) in [6.45, 7) is 2.10. The minimum atomic E-state index is -0.135. The van der Waals surface area contributed by atoms with E-state index in [0.717, 1.165) is 38.5 Å². The quantitative estimate of drug-likeness (QED) is 0.127. The first kappa shape index (κ1) is 23.6. The van der Waals surface area contributed by atoms with E-state index in [-0.39, 0.29) is 12.1 Å². The molecule has 0 saturated carbocycles. The van der Waals surface area contributed by atoms with Crippen molar-refractivity contribution < 1.29 is 14.1 Å². The molecule has 3 nitrogen and oxygen atoms in total. The van der Waals surface area contributed by atoms with Gasteiger partial charge in [0.2, 0.25) is 0 Å². The zero-order valence-electron chi connectivity index (χ0n) is 15.6. The standard InChI is InChI=1S/C21H33O3P/c1-3-20(24-25)18-16-14-12-10-8-6-4-5-7-9-11-13-15-17-19-21(22)23-2/h5-8,10-13,16,18,20H,3-4,9,14-15,17,19,25H2,1-2H3/b7-5+,8-6+,12-10+,13-11+,18-16+. The first-order chi connectivity index (χ1) is 12.2. The molecule has 0 aliphatic heterocycles. The van der Waals surface area contributed by atoms with Gasteiger partial charge < -0.3 is 9.26 Å². The van der Waals surface area contributed by atoms with Gasteiger partial charge in [0.25, 0.3) is 0 Å². The van der Waals surface area contributed by atoms with Crippen LogP contribution in [-0.4, -0.2) is 19.2 Å². The Bertz CT molecular complexity index is 458. The van der Waals surface area contributed by atoms with Crippen LogP contribution in [0.1, 0.15) is 51.9 Å². The van der Waals surface area contributed by atoms with Gasteiger partial charge >= 0.3 is 5.97 Å². The monoisotopic (exact) mass is 364 g/mol. The molecular formula is C21H33O3P. The van der Waals surface area contributed by atoms with Crippen LogP contribution in [0.15, 0.2) is 60.8 Å². The van der Waals surface area contributed by atoms with Gasteiger partial charge in [0.1, 0.15) is 0 Å². The van der Waals surface area contributed by atoms with E-state index in [2.05, 4.69) is 81.9 Å². The number of hydrogen-bond donors (Lipinski definition) is 0. The van der Waals surface area contributed by atoms with Crippen molar-refractivity contribution in [2.75, 3.05) is 7.11 Å². The Morgan fingerprint density at radius 3 is 2.16 bits per heavy atom. The average molecular weight is 364 g/mol. The summed E-state index contributed by atoms with van der Waals surface area (Å²) >= 11 is 0. The van der Waals surface area contributed by atoms with Crippen LogP contribution in [-0.2, 0) is 14.1 Å². The predicted octanol–water partition coefficient (Wildman–Crippen LogP) is 5.87. The molecule has 0 amide bonds. The van der Waals surface area contributed by atoms with Gasteiger partial charge in [-0.15, -0.1) is 0 Å². The Labute approximate surface area is 155 Å². The Balaban J connectivity index is 3.62. The number of esters is 1. The summed E-state index contributed by atoms with van der Waals surface area (Å²) in [5, 5.41) is 0. The predicted molar refractivity (Wildman–Crippen MR) is 110 cm³/mol. The molecule has 0 saturated heterocycles. The van der Waals surface area contributed by atoms with Crippen LogP contribution in [0.25, 0.3) is 0 Å². The molecule has 0 aromatic carbocycles. The Morgan fingerprint density at radius 1 is 0.960 bits per heavy atom. The SMILES string of the molecule is CCC(/C=C/C/C=C/C=C/C/C=C/C/C=C/CCCC(=O)OC)OP. The van der Waals surface area contributed by atoms with Gasteiger partial charge in [-0.2, -0.15) is 0 Å². The summed E-state index contributed by atoms with van der Waals surface area (Å²) in [4.78, 5) is 10.9. The zero-order valence-corrected chi connectivity index (χ0v) is 16.8. The third-order valence-corrected chi connectivity index (χ3v) is 3.79. The third-order valence-electron chi connectivity index (χ3n) is 3.44. The molecule has 0 fully saturated rings. The lowest BCUT2D eigenvalue weighted by atomic mass is 10.2. The second-order valence-electron chi connectivity index (χ2n) is 5.49. The summed E-state index contributed by atoms with van der Waals surface area (Å²) in [7, 11) is 3.73. The highest BCUT2D eigenvalue weighted by molar-refractivity contribution is 7.09. The maximum absolute atomic E-state index is 10.9. The van der Waals surface area contributed by atoms with E-state index < -0.39 is 0 Å². The summed E-state index contributed by atoms with van der Waals surface area (Å²) < 4.78 is 9.79. The normalized spacial score (nSPS) is 13.9. The number of methoxy groups -OCH3 is 1. The molecule has 0 spiro atoms. The van der Waals surface area contributed by atoms with Crippen molar-refractivity contribution in [1.82, 2.24) is 0 Å². The van der Waals surface area contributed by atoms with Crippen LogP contribution < -0.4 is 0 Å². The van der Waals surface area contributed by atoms with Gasteiger partial charge in [-0.3, -0.25) is 4.79 Å². The summed E-state index contributed by atoms with van der Waals surface area (Å²) in [6, 6.07) is 0. The summed E-state index contributed by atoms with van der Waals surface area (Å²) in [6.07, 6.45) is 27.4. The lowest BCUT2D eigenvalue weighted by Gasteiger charge is -2.04. The maximum Gasteiger partial charge on any atom is 0.305 e. The van der Waals surface area contributed by atoms with Gasteiger partial charge in [0.15, 0.2) is 0 Å². The highest BCUT2D eigenvalue weighted by Crippen LogP contribution is 2.05. The number of unbranched alkanes of at least 4 members (excludes halogenated alkanes) is 1. The molecule has 2 unspecified atom stereocenters. The van der Waals surface area contributed by atoms with Crippen molar-refractivity contribution in [2.45, 2.75) is 58.0 Å². The van der Waals surface area contributed by atoms with E-state index in [1.807, 2.05) is 0 Å². The molecule has 25 heavy (non-hydrogen) atoms. The minimum absolute atomic E-state index is 0.135. The summed E-state index contributed by atoms with van der Waals surface area (Å²) in [5.74, 6) is -0.135. The molecule has 0 N–H and O–H groups in total. The Kier molecular flexibility index (Phi) is 17.8. The Hall–Kier alpha value is -1.44. The van der Waals surface area contributed by atoms with E-state index in [9.17, 15) is 4.79 Å². The number of allylic oxidation sites excluding steroid dienone is 9. The van der Waals surface area contributed by atoms with Crippen LogP contribution in [0.2, 0.25) is 0 Å². The number of ether oxygens (including phenoxy) is 1. The molecule has 0 bridgehead atoms. The second-order valence-corrected chi connectivity index (χ2v) is 5.76. The highest BCUT2D eigenvalue weighted by atomic mass is 31.0. The molecule has 0 aliphatic rings. The van der Waals surface area contributed by atoms with Gasteiger partial charge in [0.05, 0.1) is 13.2 Å². The van der Waals surface area contributed by atoms with Crippen molar-refractivity contribution in [1.29, 1.82) is 0 Å². The first-order valence-corrected chi connectivity index (χ1v) is 9.42. The fourth-order valence-electron chi connectivity index (χ4n) is 1.93. The number of carbonyl (C=O) groups excluding carboxylic acids is 1. The first-order valence-electron chi connectivity index (χ1n) is 8.95. The van der Waals surface area contributed by atoms with Crippen molar-refractivity contribution in [3.63, 3.8) is 0 Å². The molecular weight excluding hydrogens is 331 g/mol. The maximum atomic E-state index is 10.9. The molecule has 0 heterocycles. The number of rotatable bonds is 14. The van der Waals surface area contributed by atoms with Crippen molar-refractivity contribution in [2.24, 2.45) is 0 Å². The molecule has 2 atom stereocenters. The number of hydrogen-bond acceptors (Lipinski definition) is 3. The largest absolute Gasteiger partial charge is 0.469 e. The molecule has 4 heteroatoms. The van der Waals surface area contributed by atoms with Gasteiger partial charge in [-0.25, -0.2) is 0 Å². The van der Waals surface area contributed by atoms with E-state index >= 15 is 0 Å². The molecule has 0 radical (unpaired) electrons. The van der Waals surface area contributed by atoms with Crippen LogP contribution in [0.4, 0.5) is 0 Å². The van der Waals surface area contributed by atoms with Gasteiger partial charge in [-0.05, 0) is 38.5 Å². The van der Waals surface area contributed by atoms with E-state index in [1.165, 1.54) is 7.11 Å². The summed E-state index contributed by atoms with van der Waals surface area (Å²) in [5.41, 5.74) is 0. The number of carbonyl (C=O) groups is 1. The van der Waals surface area contributed by atoms with Crippen molar-refractivity contribution in [3.05, 3.63) is 60.8 Å². The second kappa shape index (κ2) is 18.9. The molecule has 0 aromatic heterocycles. The van der Waals surface area contributed by atoms with Crippen LogP contribution in [0, 0.1) is 0 Å². The van der Waals surface area contributed by atoms with Gasteiger partial charge in [-0.1, -0.05) is 67.7 Å². The zero-order chi connectivity index (χ0) is 18.6. The topological polar surface area (TPSA) is 35.5 Å². The lowest BCUT2D eigenvalue weighted by molar-refractivity contribution is -0.140. The minimum Gasteiger partial charge on any atom is -0.469 e. The highest BCUT2D eigenvalue weighted by Gasteiger charge is 1.96. The fourth-order valence-corrected chi connectivity index (χ4v) is 2.21. The molecule has 140 valence electrons. The molecule has 0 rings (SSSR count). The van der Waals surface area contributed by atoms with Gasteiger partial charge in [0, 0.05) is 15.9 Å². The molecule has 0 aromatic rings. The Morgan fingerprint density at radius 2 is 1.56 bits per heavy atom. The van der Waals surface area contributed by atoms with Crippen LogP contribution in [0.5, 0.6) is 0 Å². The average Bonchev–Trinajstić information content (AvgIpc) is 2.64. The fraction of sp³-hybridized carbons (Fsp3) is 0.476. The lowest BCUT2D eigenvalue weighted by Crippen LogP contribution is -1.99. The van der Waals surface area contributed by atoms with Crippen molar-refractivity contribution >= 4 is 15.4 Å². The smallest absolute Gasteiger partial charge is 0.305 e.